The van der Waals surface area contributed by atoms with Crippen molar-refractivity contribution in [1.82, 2.24) is 5.06 Å². The molecule has 0 saturated heterocycles. The Balaban J connectivity index is 4.88. The quantitative estimate of drug-likeness (QED) is 0.378. The second-order valence-corrected chi connectivity index (χ2v) is 4.42. The topological polar surface area (TPSA) is 118 Å². The fourth-order valence-corrected chi connectivity index (χ4v) is 1.60. The maximum absolute atomic E-state index is 11.4. The van der Waals surface area contributed by atoms with E-state index < -0.39 is 33.7 Å². The summed E-state index contributed by atoms with van der Waals surface area (Å²) in [5, 5.41) is -1.61. The van der Waals surface area contributed by atoms with Crippen LogP contribution in [0.4, 0.5) is 0 Å². The van der Waals surface area contributed by atoms with Crippen LogP contribution in [0.3, 0.4) is 0 Å². The Hall–Kier alpha value is -1.48. The maximum Gasteiger partial charge on any atom is 0.329 e. The third-order valence-electron chi connectivity index (χ3n) is 1.52. The molecule has 0 aromatic carbocycles. The first-order valence-corrected chi connectivity index (χ1v) is 5.56. The molecule has 0 aliphatic heterocycles. The van der Waals surface area contributed by atoms with Gasteiger partial charge < -0.3 is 9.63 Å². The number of carbonyl (C=O) groups is 3. The first kappa shape index (κ1) is 14.5. The molecule has 8 nitrogen and oxygen atoms in total. The van der Waals surface area contributed by atoms with Crippen LogP contribution in [-0.2, 0) is 29.3 Å². The van der Waals surface area contributed by atoms with Crippen LogP contribution in [0.15, 0.2) is 0 Å². The number of amides is 1. The Morgan fingerprint density at radius 1 is 1.50 bits per heavy atom. The molecule has 0 heterocycles. The highest BCUT2D eigenvalue weighted by molar-refractivity contribution is 7.87. The molecule has 92 valence electrons. The zero-order valence-electron chi connectivity index (χ0n) is 8.61. The van der Waals surface area contributed by atoms with Gasteiger partial charge in [-0.1, -0.05) is 0 Å². The Morgan fingerprint density at radius 2 is 2.00 bits per heavy atom. The monoisotopic (exact) mass is 253 g/mol. The molecule has 1 amide bonds. The normalized spacial score (nSPS) is 12.7. The van der Waals surface area contributed by atoms with E-state index >= 15 is 0 Å². The number of hydrogen-bond donors (Lipinski definition) is 1. The van der Waals surface area contributed by atoms with E-state index in [1.807, 2.05) is 0 Å². The molecule has 0 aliphatic carbocycles. The molecule has 1 N–H and O–H groups in total. The Bertz CT molecular complexity index is 388. The van der Waals surface area contributed by atoms with Gasteiger partial charge in [0.25, 0.3) is 16.0 Å². The molecule has 0 radical (unpaired) electrons. The van der Waals surface area contributed by atoms with Crippen molar-refractivity contribution in [3.05, 3.63) is 0 Å². The minimum atomic E-state index is -4.72. The number of hydroxylamine groups is 2. The smallest absolute Gasteiger partial charge is 0.329 e. The predicted molar refractivity (Wildman–Crippen MR) is 50.6 cm³/mol. The zero-order chi connectivity index (χ0) is 12.9. The zero-order valence-corrected chi connectivity index (χ0v) is 9.43. The highest BCUT2D eigenvalue weighted by Crippen LogP contribution is 2.07. The van der Waals surface area contributed by atoms with E-state index in [2.05, 4.69) is 4.84 Å². The number of nitrogens with zero attached hydrogens (tertiary/aromatic N) is 1. The molecule has 0 aromatic rings. The summed E-state index contributed by atoms with van der Waals surface area (Å²) < 4.78 is 30.2. The summed E-state index contributed by atoms with van der Waals surface area (Å²) in [6, 6.07) is 0. The second kappa shape index (κ2) is 5.56. The van der Waals surface area contributed by atoms with Crippen molar-refractivity contribution in [2.45, 2.75) is 18.6 Å². The fraction of sp³-hybridized carbons (Fsp3) is 0.571. The Labute approximate surface area is 91.9 Å². The SMILES string of the molecule is CC(=O)ON(C)C(=O)C(CC=O)S(=O)(=O)O. The van der Waals surface area contributed by atoms with Crippen molar-refractivity contribution in [3.8, 4) is 0 Å². The van der Waals surface area contributed by atoms with Gasteiger partial charge in [-0.25, -0.2) is 0 Å². The molecule has 0 fully saturated rings. The van der Waals surface area contributed by atoms with Crippen molar-refractivity contribution in [2.75, 3.05) is 7.05 Å². The number of hydrogen-bond acceptors (Lipinski definition) is 6. The molecular formula is C7H11NO7S. The van der Waals surface area contributed by atoms with E-state index in [4.69, 9.17) is 4.55 Å². The number of aldehydes is 1. The Morgan fingerprint density at radius 3 is 2.31 bits per heavy atom. The van der Waals surface area contributed by atoms with Gasteiger partial charge in [-0.3, -0.25) is 14.1 Å². The highest BCUT2D eigenvalue weighted by Gasteiger charge is 2.34. The molecule has 1 unspecified atom stereocenters. The maximum atomic E-state index is 11.4. The highest BCUT2D eigenvalue weighted by atomic mass is 32.2. The first-order valence-electron chi connectivity index (χ1n) is 4.06. The first-order chi connectivity index (χ1) is 7.20. The van der Waals surface area contributed by atoms with Crippen LogP contribution in [0.5, 0.6) is 0 Å². The summed E-state index contributed by atoms with van der Waals surface area (Å²) in [6.07, 6.45) is -0.554. The number of rotatable bonds is 4. The van der Waals surface area contributed by atoms with Gasteiger partial charge in [0.05, 0.1) is 0 Å². The summed E-state index contributed by atoms with van der Waals surface area (Å²) in [5.41, 5.74) is 0. The largest absolute Gasteiger partial charge is 0.339 e. The van der Waals surface area contributed by atoms with E-state index in [1.54, 1.807) is 0 Å². The van der Waals surface area contributed by atoms with Crippen LogP contribution in [-0.4, -0.2) is 48.5 Å². The van der Waals surface area contributed by atoms with Crippen molar-refractivity contribution < 1.29 is 32.2 Å². The molecule has 16 heavy (non-hydrogen) atoms. The standard InChI is InChI=1S/C7H11NO7S/c1-5(10)15-8(2)7(11)6(3-4-9)16(12,13)14/h4,6H,3H2,1-2H3,(H,12,13,14). The molecule has 1 atom stereocenters. The van der Waals surface area contributed by atoms with Crippen LogP contribution in [0, 0.1) is 0 Å². The molecule has 0 bridgehead atoms. The van der Waals surface area contributed by atoms with E-state index in [-0.39, 0.29) is 6.29 Å². The van der Waals surface area contributed by atoms with Gasteiger partial charge in [0.2, 0.25) is 0 Å². The van der Waals surface area contributed by atoms with Gasteiger partial charge in [-0.05, 0) is 0 Å². The van der Waals surface area contributed by atoms with Crippen molar-refractivity contribution in [2.24, 2.45) is 0 Å². The molecule has 0 saturated carbocycles. The summed E-state index contributed by atoms with van der Waals surface area (Å²) in [5.74, 6) is -2.04. The molecule has 0 spiro atoms. The second-order valence-electron chi connectivity index (χ2n) is 2.82. The van der Waals surface area contributed by atoms with Gasteiger partial charge in [-0.15, -0.1) is 0 Å². The minimum Gasteiger partial charge on any atom is -0.339 e. The summed E-state index contributed by atoms with van der Waals surface area (Å²) in [6.45, 7) is 1.01. The fourth-order valence-electron chi connectivity index (χ4n) is 0.878. The van der Waals surface area contributed by atoms with E-state index in [9.17, 15) is 22.8 Å². The van der Waals surface area contributed by atoms with E-state index in [0.717, 1.165) is 14.0 Å². The van der Waals surface area contributed by atoms with Crippen LogP contribution in [0.2, 0.25) is 0 Å². The van der Waals surface area contributed by atoms with Gasteiger partial charge in [0, 0.05) is 20.4 Å². The summed E-state index contributed by atoms with van der Waals surface area (Å²) in [4.78, 5) is 36.3. The third-order valence-corrected chi connectivity index (χ3v) is 2.63. The molecule has 9 heteroatoms. The van der Waals surface area contributed by atoms with Crippen LogP contribution >= 0.6 is 0 Å². The van der Waals surface area contributed by atoms with Gasteiger partial charge in [0.1, 0.15) is 6.29 Å². The van der Waals surface area contributed by atoms with Gasteiger partial charge >= 0.3 is 5.97 Å². The van der Waals surface area contributed by atoms with E-state index in [0.29, 0.717) is 5.06 Å². The van der Waals surface area contributed by atoms with Crippen LogP contribution < -0.4 is 0 Å². The average molecular weight is 253 g/mol. The lowest BCUT2D eigenvalue weighted by molar-refractivity contribution is -0.190. The lowest BCUT2D eigenvalue weighted by atomic mass is 10.3. The summed E-state index contributed by atoms with van der Waals surface area (Å²) in [7, 11) is -3.73. The average Bonchev–Trinajstić information content (AvgIpc) is 2.10. The lowest BCUT2D eigenvalue weighted by Gasteiger charge is -2.18. The minimum absolute atomic E-state index is 0.165. The van der Waals surface area contributed by atoms with Gasteiger partial charge in [-0.2, -0.15) is 13.5 Å². The van der Waals surface area contributed by atoms with E-state index in [1.165, 1.54) is 0 Å². The molecule has 0 aliphatic rings. The van der Waals surface area contributed by atoms with Crippen molar-refractivity contribution >= 4 is 28.3 Å². The Kier molecular flexibility index (Phi) is 5.05. The molecular weight excluding hydrogens is 242 g/mol. The van der Waals surface area contributed by atoms with Crippen LogP contribution in [0.1, 0.15) is 13.3 Å². The predicted octanol–water partition coefficient (Wildman–Crippen LogP) is -1.23. The third kappa shape index (κ3) is 4.36. The van der Waals surface area contributed by atoms with Crippen LogP contribution in [0.25, 0.3) is 0 Å². The van der Waals surface area contributed by atoms with Gasteiger partial charge in [0.15, 0.2) is 5.25 Å². The van der Waals surface area contributed by atoms with Crippen molar-refractivity contribution in [3.63, 3.8) is 0 Å². The van der Waals surface area contributed by atoms with Crippen molar-refractivity contribution in [1.29, 1.82) is 0 Å². The number of carbonyl (C=O) groups excluding carboxylic acids is 3. The lowest BCUT2D eigenvalue weighted by Crippen LogP contribution is -2.41. The molecule has 0 aromatic heterocycles. The summed E-state index contributed by atoms with van der Waals surface area (Å²) >= 11 is 0. The molecule has 0 rings (SSSR count).